The predicted molar refractivity (Wildman–Crippen MR) is 110 cm³/mol. The summed E-state index contributed by atoms with van der Waals surface area (Å²) in [7, 11) is -3.84. The van der Waals surface area contributed by atoms with Gasteiger partial charge in [0.15, 0.2) is 16.6 Å². The summed E-state index contributed by atoms with van der Waals surface area (Å²) in [5, 5.41) is -1.01. The molecule has 1 rings (SSSR count). The summed E-state index contributed by atoms with van der Waals surface area (Å²) in [6, 6.07) is 6.47. The molecule has 0 aliphatic carbocycles. The maximum absolute atomic E-state index is 6.62. The van der Waals surface area contributed by atoms with Crippen LogP contribution >= 0.6 is 33.2 Å². The van der Waals surface area contributed by atoms with Gasteiger partial charge in [0.1, 0.15) is 5.22 Å². The fourth-order valence-electron chi connectivity index (χ4n) is 2.61. The van der Waals surface area contributed by atoms with E-state index in [0.717, 1.165) is 5.56 Å². The summed E-state index contributed by atoms with van der Waals surface area (Å²) in [6.07, 6.45) is -0.331. The van der Waals surface area contributed by atoms with Crippen molar-refractivity contribution in [3.8, 4) is 0 Å². The molecule has 132 valence electrons. The molecule has 2 unspecified atom stereocenters. The molecule has 0 spiro atoms. The minimum atomic E-state index is -3.32. The summed E-state index contributed by atoms with van der Waals surface area (Å²) < 4.78 is 12.9. The highest BCUT2D eigenvalue weighted by Gasteiger charge is 2.60. The molecule has 0 bridgehead atoms. The van der Waals surface area contributed by atoms with Gasteiger partial charge in [-0.2, -0.15) is 0 Å². The Bertz CT molecular complexity index is 509. The molecular formula is C15H27Cl3O2Si3. The minimum absolute atomic E-state index is 0.331. The van der Waals surface area contributed by atoms with Crippen molar-refractivity contribution in [1.29, 1.82) is 0 Å². The third-order valence-electron chi connectivity index (χ3n) is 3.19. The third kappa shape index (κ3) is 5.85. The minimum Gasteiger partial charge on any atom is -0.412 e. The second-order valence-corrected chi connectivity index (χ2v) is 25.2. The molecule has 2 nitrogen and oxygen atoms in total. The number of benzene rings is 1. The Morgan fingerprint density at radius 3 is 1.70 bits per heavy atom. The molecule has 0 heterocycles. The highest BCUT2D eigenvalue weighted by atomic mass is 35.8. The molecule has 0 saturated heterocycles. The van der Waals surface area contributed by atoms with E-state index >= 15 is 0 Å². The van der Waals surface area contributed by atoms with Crippen LogP contribution in [-0.4, -0.2) is 28.7 Å². The summed E-state index contributed by atoms with van der Waals surface area (Å²) in [5.41, 5.74) is 0.889. The molecule has 0 saturated carbocycles. The number of hydrogen-bond donors (Lipinski definition) is 0. The molecule has 0 aliphatic rings. The van der Waals surface area contributed by atoms with Crippen molar-refractivity contribution in [3.63, 3.8) is 0 Å². The fourth-order valence-corrected chi connectivity index (χ4v) is 11.0. The lowest BCUT2D eigenvalue weighted by Gasteiger charge is -2.48. The second-order valence-electron chi connectivity index (χ2n) is 7.69. The van der Waals surface area contributed by atoms with Crippen LogP contribution in [-0.2, 0) is 14.1 Å². The largest absolute Gasteiger partial charge is 0.412 e. The lowest BCUT2D eigenvalue weighted by molar-refractivity contribution is 0.0152. The zero-order valence-corrected chi connectivity index (χ0v) is 20.2. The summed E-state index contributed by atoms with van der Waals surface area (Å²) in [6.45, 7) is 14.7. The molecule has 0 N–H and O–H groups in total. The van der Waals surface area contributed by atoms with Crippen LogP contribution in [0.25, 0.3) is 0 Å². The first-order valence-electron chi connectivity index (χ1n) is 7.69. The highest BCUT2D eigenvalue weighted by molar-refractivity contribution is 7.65. The van der Waals surface area contributed by atoms with Gasteiger partial charge in [0.25, 0.3) is 0 Å². The van der Waals surface area contributed by atoms with E-state index in [0.29, 0.717) is 0 Å². The fraction of sp³-hybridized carbons (Fsp3) is 0.600. The molecule has 0 aromatic heterocycles. The average molecular weight is 430 g/mol. The van der Waals surface area contributed by atoms with E-state index < -0.39 is 27.9 Å². The van der Waals surface area contributed by atoms with Crippen LogP contribution < -0.4 is 0 Å². The Hall–Kier alpha value is 0.661. The topological polar surface area (TPSA) is 18.5 Å². The summed E-state index contributed by atoms with van der Waals surface area (Å²) in [4.78, 5) is 0. The number of rotatable bonds is 7. The molecule has 8 heteroatoms. The van der Waals surface area contributed by atoms with E-state index in [1.165, 1.54) is 0 Å². The van der Waals surface area contributed by atoms with Gasteiger partial charge in [-0.1, -0.05) is 30.3 Å². The summed E-state index contributed by atoms with van der Waals surface area (Å²) >= 11 is 19.9. The van der Waals surface area contributed by atoms with Crippen LogP contribution in [0, 0.1) is 0 Å². The van der Waals surface area contributed by atoms with Gasteiger partial charge in [-0.25, -0.2) is 0 Å². The van der Waals surface area contributed by atoms with Gasteiger partial charge < -0.3 is 8.85 Å². The van der Waals surface area contributed by atoms with E-state index in [2.05, 4.69) is 39.3 Å². The molecule has 0 aliphatic heterocycles. The highest BCUT2D eigenvalue weighted by Crippen LogP contribution is 2.49. The molecule has 1 aromatic rings. The first-order valence-corrected chi connectivity index (χ1v) is 19.5. The average Bonchev–Trinajstić information content (AvgIpc) is 2.32. The first kappa shape index (κ1) is 21.7. The van der Waals surface area contributed by atoms with Gasteiger partial charge >= 0.3 is 6.00 Å². The van der Waals surface area contributed by atoms with Crippen LogP contribution in [0.15, 0.2) is 30.3 Å². The Balaban J connectivity index is 3.54. The third-order valence-corrected chi connectivity index (χ3v) is 9.56. The summed E-state index contributed by atoms with van der Waals surface area (Å²) in [5.74, 6) is 0. The van der Waals surface area contributed by atoms with Crippen molar-refractivity contribution in [1.82, 2.24) is 0 Å². The maximum Gasteiger partial charge on any atom is 0.378 e. The van der Waals surface area contributed by atoms with Gasteiger partial charge in [0, 0.05) is 0 Å². The van der Waals surface area contributed by atoms with E-state index in [1.54, 1.807) is 0 Å². The van der Waals surface area contributed by atoms with Gasteiger partial charge in [0.2, 0.25) is 0 Å². The van der Waals surface area contributed by atoms with Crippen molar-refractivity contribution in [2.45, 2.75) is 57.5 Å². The predicted octanol–water partition coefficient (Wildman–Crippen LogP) is 6.17. The number of hydrogen-bond acceptors (Lipinski definition) is 2. The standard InChI is InChI=1S/C15H27Cl3O2Si3/c1-13(19-21(2,3)4)15(23(16,17)18,20-22(5,6)7)14-11-9-8-10-12-14/h8-13H,1-7H3. The van der Waals surface area contributed by atoms with Crippen LogP contribution in [0.1, 0.15) is 12.5 Å². The molecule has 2 atom stereocenters. The van der Waals surface area contributed by atoms with Gasteiger partial charge in [-0.3, -0.25) is 0 Å². The second kappa shape index (κ2) is 7.50. The van der Waals surface area contributed by atoms with Crippen LogP contribution in [0.4, 0.5) is 0 Å². The molecule has 0 fully saturated rings. The number of halogens is 3. The lowest BCUT2D eigenvalue weighted by atomic mass is 10.0. The molecule has 1 aromatic carbocycles. The normalized spacial score (nSPS) is 17.7. The van der Waals surface area contributed by atoms with Crippen molar-refractivity contribution in [2.24, 2.45) is 0 Å². The monoisotopic (exact) mass is 428 g/mol. The van der Waals surface area contributed by atoms with E-state index in [9.17, 15) is 0 Å². The maximum atomic E-state index is 6.62. The Kier molecular flexibility index (Phi) is 7.07. The van der Waals surface area contributed by atoms with Crippen molar-refractivity contribution < 1.29 is 8.85 Å². The van der Waals surface area contributed by atoms with Crippen molar-refractivity contribution in [2.75, 3.05) is 0 Å². The lowest BCUT2D eigenvalue weighted by Crippen LogP contribution is -2.60. The van der Waals surface area contributed by atoms with Gasteiger partial charge in [-0.15, -0.1) is 33.2 Å². The van der Waals surface area contributed by atoms with E-state index in [4.69, 9.17) is 42.1 Å². The molecular weight excluding hydrogens is 403 g/mol. The van der Waals surface area contributed by atoms with Crippen molar-refractivity contribution in [3.05, 3.63) is 35.9 Å². The Morgan fingerprint density at radius 1 is 0.870 bits per heavy atom. The smallest absolute Gasteiger partial charge is 0.378 e. The Morgan fingerprint density at radius 2 is 1.35 bits per heavy atom. The molecule has 23 heavy (non-hydrogen) atoms. The molecule has 0 amide bonds. The zero-order chi connectivity index (χ0) is 18.1. The first-order chi connectivity index (χ1) is 10.2. The van der Waals surface area contributed by atoms with Gasteiger partial charge in [0.05, 0.1) is 6.10 Å². The zero-order valence-electron chi connectivity index (χ0n) is 14.9. The van der Waals surface area contributed by atoms with Crippen LogP contribution in [0.5, 0.6) is 0 Å². The van der Waals surface area contributed by atoms with Crippen molar-refractivity contribution >= 4 is 55.9 Å². The van der Waals surface area contributed by atoms with E-state index in [1.807, 2.05) is 37.3 Å². The van der Waals surface area contributed by atoms with Crippen LogP contribution in [0.2, 0.25) is 39.3 Å². The quantitative estimate of drug-likeness (QED) is 0.381. The van der Waals surface area contributed by atoms with E-state index in [-0.39, 0.29) is 6.10 Å². The van der Waals surface area contributed by atoms with Gasteiger partial charge in [-0.05, 0) is 51.8 Å². The molecule has 0 radical (unpaired) electrons. The SMILES string of the molecule is CC(O[Si](C)(C)C)C(O[Si](C)(C)C)(c1ccccc1)[Si](Cl)(Cl)Cl. The van der Waals surface area contributed by atoms with Crippen LogP contribution in [0.3, 0.4) is 0 Å². The Labute approximate surface area is 157 Å².